The Balaban J connectivity index is 2.12. The van der Waals surface area contributed by atoms with Gasteiger partial charge in [0.2, 0.25) is 0 Å². The SMILES string of the molecule is CC1CCNC(C)(C)CN1Cc1ccc(F)c(F)c1. The number of nitrogens with zero attached hydrogens (tertiary/aromatic N) is 1. The second-order valence-corrected chi connectivity index (χ2v) is 6.10. The van der Waals surface area contributed by atoms with Crippen LogP contribution in [0, 0.1) is 11.6 Å². The van der Waals surface area contributed by atoms with Gasteiger partial charge in [0, 0.05) is 24.7 Å². The van der Waals surface area contributed by atoms with E-state index in [0.29, 0.717) is 12.6 Å². The van der Waals surface area contributed by atoms with Crippen LogP contribution in [0.5, 0.6) is 0 Å². The van der Waals surface area contributed by atoms with Gasteiger partial charge in [-0.05, 0) is 51.4 Å². The van der Waals surface area contributed by atoms with Crippen molar-refractivity contribution in [3.05, 3.63) is 35.4 Å². The van der Waals surface area contributed by atoms with Crippen molar-refractivity contribution in [3.63, 3.8) is 0 Å². The molecule has 0 radical (unpaired) electrons. The lowest BCUT2D eigenvalue weighted by Crippen LogP contribution is -2.47. The number of hydrogen-bond acceptors (Lipinski definition) is 2. The first-order valence-electron chi connectivity index (χ1n) is 6.80. The maximum atomic E-state index is 13.3. The normalized spacial score (nSPS) is 24.2. The number of hydrogen-bond donors (Lipinski definition) is 1. The van der Waals surface area contributed by atoms with Crippen LogP contribution in [0.4, 0.5) is 8.78 Å². The molecule has 19 heavy (non-hydrogen) atoms. The number of benzene rings is 1. The van der Waals surface area contributed by atoms with E-state index in [1.807, 2.05) is 0 Å². The van der Waals surface area contributed by atoms with E-state index in [1.165, 1.54) is 12.1 Å². The van der Waals surface area contributed by atoms with Crippen LogP contribution in [0.25, 0.3) is 0 Å². The van der Waals surface area contributed by atoms with Crippen LogP contribution in [-0.2, 0) is 6.54 Å². The van der Waals surface area contributed by atoms with Crippen molar-refractivity contribution < 1.29 is 8.78 Å². The van der Waals surface area contributed by atoms with Crippen LogP contribution in [0.15, 0.2) is 18.2 Å². The zero-order valence-corrected chi connectivity index (χ0v) is 11.8. The molecule has 1 N–H and O–H groups in total. The molecule has 1 aliphatic rings. The van der Waals surface area contributed by atoms with Crippen molar-refractivity contribution >= 4 is 0 Å². The van der Waals surface area contributed by atoms with Gasteiger partial charge >= 0.3 is 0 Å². The highest BCUT2D eigenvalue weighted by atomic mass is 19.2. The van der Waals surface area contributed by atoms with Crippen LogP contribution < -0.4 is 5.32 Å². The second-order valence-electron chi connectivity index (χ2n) is 6.10. The highest BCUT2D eigenvalue weighted by Crippen LogP contribution is 2.19. The summed E-state index contributed by atoms with van der Waals surface area (Å²) >= 11 is 0. The summed E-state index contributed by atoms with van der Waals surface area (Å²) < 4.78 is 26.2. The molecule has 0 amide bonds. The van der Waals surface area contributed by atoms with Crippen molar-refractivity contribution in [2.45, 2.75) is 45.3 Å². The Kier molecular flexibility index (Phi) is 4.21. The molecular weight excluding hydrogens is 246 g/mol. The summed E-state index contributed by atoms with van der Waals surface area (Å²) in [7, 11) is 0. The third-order valence-corrected chi connectivity index (χ3v) is 3.76. The summed E-state index contributed by atoms with van der Waals surface area (Å²) in [5, 5.41) is 3.51. The summed E-state index contributed by atoms with van der Waals surface area (Å²) in [6.45, 7) is 9.06. The van der Waals surface area contributed by atoms with Gasteiger partial charge in [-0.15, -0.1) is 0 Å². The van der Waals surface area contributed by atoms with Gasteiger partial charge in [0.25, 0.3) is 0 Å². The van der Waals surface area contributed by atoms with E-state index in [9.17, 15) is 8.78 Å². The lowest BCUT2D eigenvalue weighted by molar-refractivity contribution is 0.173. The van der Waals surface area contributed by atoms with Crippen LogP contribution in [0.2, 0.25) is 0 Å². The van der Waals surface area contributed by atoms with Crippen LogP contribution in [0.3, 0.4) is 0 Å². The highest BCUT2D eigenvalue weighted by molar-refractivity contribution is 5.18. The Bertz CT molecular complexity index is 446. The van der Waals surface area contributed by atoms with Crippen molar-refractivity contribution in [1.82, 2.24) is 10.2 Å². The van der Waals surface area contributed by atoms with Gasteiger partial charge < -0.3 is 5.32 Å². The second kappa shape index (κ2) is 5.55. The smallest absolute Gasteiger partial charge is 0.159 e. The van der Waals surface area contributed by atoms with Gasteiger partial charge in [0.15, 0.2) is 11.6 Å². The van der Waals surface area contributed by atoms with E-state index in [0.717, 1.165) is 25.1 Å². The summed E-state index contributed by atoms with van der Waals surface area (Å²) in [5.41, 5.74) is 0.868. The van der Waals surface area contributed by atoms with Gasteiger partial charge in [-0.25, -0.2) is 8.78 Å². The molecule has 2 nitrogen and oxygen atoms in total. The van der Waals surface area contributed by atoms with Crippen LogP contribution >= 0.6 is 0 Å². The van der Waals surface area contributed by atoms with E-state index < -0.39 is 11.6 Å². The molecule has 1 aliphatic heterocycles. The molecule has 0 bridgehead atoms. The van der Waals surface area contributed by atoms with Gasteiger partial charge in [-0.1, -0.05) is 6.07 Å². The minimum Gasteiger partial charge on any atom is -0.310 e. The number of nitrogens with one attached hydrogen (secondary N) is 1. The summed E-state index contributed by atoms with van der Waals surface area (Å²) in [6.07, 6.45) is 1.06. The fourth-order valence-corrected chi connectivity index (χ4v) is 2.61. The Hall–Kier alpha value is -1.00. The molecule has 2 rings (SSSR count). The standard InChI is InChI=1S/C15H22F2N2/c1-11-6-7-18-15(2,3)10-19(11)9-12-4-5-13(16)14(17)8-12/h4-5,8,11,18H,6-7,9-10H2,1-3H3. The van der Waals surface area contributed by atoms with Crippen LogP contribution in [0.1, 0.15) is 32.8 Å². The van der Waals surface area contributed by atoms with E-state index >= 15 is 0 Å². The molecule has 0 aromatic heterocycles. The minimum atomic E-state index is -0.783. The highest BCUT2D eigenvalue weighted by Gasteiger charge is 2.27. The molecule has 1 fully saturated rings. The predicted molar refractivity (Wildman–Crippen MR) is 72.9 cm³/mol. The average molecular weight is 268 g/mol. The summed E-state index contributed by atoms with van der Waals surface area (Å²) in [4.78, 5) is 2.33. The summed E-state index contributed by atoms with van der Waals surface area (Å²) in [6, 6.07) is 4.60. The monoisotopic (exact) mass is 268 g/mol. The lowest BCUT2D eigenvalue weighted by Gasteiger charge is -2.33. The molecule has 1 unspecified atom stereocenters. The third-order valence-electron chi connectivity index (χ3n) is 3.76. The number of rotatable bonds is 2. The quantitative estimate of drug-likeness (QED) is 0.887. The topological polar surface area (TPSA) is 15.3 Å². The van der Waals surface area contributed by atoms with Crippen molar-refractivity contribution in [3.8, 4) is 0 Å². The first-order valence-corrected chi connectivity index (χ1v) is 6.80. The molecular formula is C15H22F2N2. The van der Waals surface area contributed by atoms with E-state index in [-0.39, 0.29) is 5.54 Å². The predicted octanol–water partition coefficient (Wildman–Crippen LogP) is 2.93. The zero-order chi connectivity index (χ0) is 14.0. The fraction of sp³-hybridized carbons (Fsp3) is 0.600. The number of halogens is 2. The first-order chi connectivity index (χ1) is 8.87. The lowest BCUT2D eigenvalue weighted by atomic mass is 10.0. The van der Waals surface area contributed by atoms with E-state index in [2.05, 4.69) is 31.0 Å². The van der Waals surface area contributed by atoms with E-state index in [4.69, 9.17) is 0 Å². The Morgan fingerprint density at radius 3 is 2.74 bits per heavy atom. The summed E-state index contributed by atoms with van der Waals surface area (Å²) in [5.74, 6) is -1.55. The molecule has 1 aromatic carbocycles. The van der Waals surface area contributed by atoms with Gasteiger partial charge in [0.05, 0.1) is 0 Å². The van der Waals surface area contributed by atoms with Crippen molar-refractivity contribution in [2.24, 2.45) is 0 Å². The Morgan fingerprint density at radius 2 is 2.05 bits per heavy atom. The molecule has 1 aromatic rings. The molecule has 1 saturated heterocycles. The Labute approximate surface area is 113 Å². The zero-order valence-electron chi connectivity index (χ0n) is 11.8. The molecule has 0 aliphatic carbocycles. The first kappa shape index (κ1) is 14.4. The van der Waals surface area contributed by atoms with Gasteiger partial charge in [0.1, 0.15) is 0 Å². The Morgan fingerprint density at radius 1 is 1.32 bits per heavy atom. The molecule has 0 spiro atoms. The molecule has 0 saturated carbocycles. The maximum Gasteiger partial charge on any atom is 0.159 e. The molecule has 106 valence electrons. The van der Waals surface area contributed by atoms with Crippen molar-refractivity contribution in [2.75, 3.05) is 13.1 Å². The largest absolute Gasteiger partial charge is 0.310 e. The average Bonchev–Trinajstić information content (AvgIpc) is 2.43. The van der Waals surface area contributed by atoms with Gasteiger partial charge in [-0.3, -0.25) is 4.90 Å². The maximum absolute atomic E-state index is 13.3. The minimum absolute atomic E-state index is 0.0450. The molecule has 1 atom stereocenters. The van der Waals surface area contributed by atoms with Gasteiger partial charge in [-0.2, -0.15) is 0 Å². The third kappa shape index (κ3) is 3.74. The molecule has 4 heteroatoms. The molecule has 1 heterocycles. The van der Waals surface area contributed by atoms with Crippen LogP contribution in [-0.4, -0.2) is 29.6 Å². The van der Waals surface area contributed by atoms with Crippen molar-refractivity contribution in [1.29, 1.82) is 0 Å². The fourth-order valence-electron chi connectivity index (χ4n) is 2.61. The van der Waals surface area contributed by atoms with E-state index in [1.54, 1.807) is 6.07 Å².